The lowest BCUT2D eigenvalue weighted by molar-refractivity contribution is -0.138. The summed E-state index contributed by atoms with van der Waals surface area (Å²) in [4.78, 5) is 0. The van der Waals surface area contributed by atoms with E-state index in [0.717, 1.165) is 18.4 Å². The number of benzene rings is 1. The standard InChI is InChI=1S/C13H16F3N/c1-9-2-3-10(6-11(9)13(14,15)16)7-12(8-17)4-5-12/h2-3,6H,4-5,7-8,17H2,1H3. The Labute approximate surface area is 98.8 Å². The van der Waals surface area contributed by atoms with Crippen molar-refractivity contribution in [1.82, 2.24) is 0 Å². The van der Waals surface area contributed by atoms with Crippen LogP contribution in [0.3, 0.4) is 0 Å². The van der Waals surface area contributed by atoms with Crippen molar-refractivity contribution in [3.8, 4) is 0 Å². The Morgan fingerprint density at radius 3 is 2.41 bits per heavy atom. The summed E-state index contributed by atoms with van der Waals surface area (Å²) in [6, 6.07) is 4.59. The van der Waals surface area contributed by atoms with Crippen LogP contribution in [0.5, 0.6) is 0 Å². The lowest BCUT2D eigenvalue weighted by Crippen LogP contribution is -2.18. The average Bonchev–Trinajstić information content (AvgIpc) is 3.00. The predicted octanol–water partition coefficient (Wildman–Crippen LogP) is 3.30. The molecular weight excluding hydrogens is 227 g/mol. The van der Waals surface area contributed by atoms with E-state index in [9.17, 15) is 13.2 Å². The van der Waals surface area contributed by atoms with Crippen molar-refractivity contribution in [2.75, 3.05) is 6.54 Å². The number of alkyl halides is 3. The fraction of sp³-hybridized carbons (Fsp3) is 0.538. The van der Waals surface area contributed by atoms with Crippen LogP contribution in [-0.4, -0.2) is 6.54 Å². The quantitative estimate of drug-likeness (QED) is 0.866. The third-order valence-corrected chi connectivity index (χ3v) is 3.58. The smallest absolute Gasteiger partial charge is 0.330 e. The monoisotopic (exact) mass is 243 g/mol. The van der Waals surface area contributed by atoms with Gasteiger partial charge in [-0.2, -0.15) is 13.2 Å². The lowest BCUT2D eigenvalue weighted by Gasteiger charge is -2.15. The molecule has 1 aliphatic rings. The van der Waals surface area contributed by atoms with E-state index < -0.39 is 11.7 Å². The van der Waals surface area contributed by atoms with E-state index in [2.05, 4.69) is 0 Å². The lowest BCUT2D eigenvalue weighted by atomic mass is 9.94. The van der Waals surface area contributed by atoms with Gasteiger partial charge < -0.3 is 5.73 Å². The summed E-state index contributed by atoms with van der Waals surface area (Å²) in [5.41, 5.74) is 6.21. The van der Waals surface area contributed by atoms with Gasteiger partial charge in [0.05, 0.1) is 5.56 Å². The first-order valence-electron chi connectivity index (χ1n) is 5.73. The van der Waals surface area contributed by atoms with Gasteiger partial charge in [-0.05, 0) is 55.3 Å². The highest BCUT2D eigenvalue weighted by Crippen LogP contribution is 2.47. The number of rotatable bonds is 3. The molecule has 0 unspecified atom stereocenters. The zero-order chi connectivity index (χ0) is 12.7. The first-order chi connectivity index (χ1) is 7.86. The van der Waals surface area contributed by atoms with Crippen LogP contribution >= 0.6 is 0 Å². The third kappa shape index (κ3) is 2.63. The van der Waals surface area contributed by atoms with Crippen LogP contribution in [0.25, 0.3) is 0 Å². The van der Waals surface area contributed by atoms with E-state index in [4.69, 9.17) is 5.73 Å². The van der Waals surface area contributed by atoms with E-state index in [0.29, 0.717) is 13.0 Å². The van der Waals surface area contributed by atoms with Crippen molar-refractivity contribution in [3.05, 3.63) is 34.9 Å². The van der Waals surface area contributed by atoms with E-state index >= 15 is 0 Å². The predicted molar refractivity (Wildman–Crippen MR) is 60.6 cm³/mol. The first kappa shape index (κ1) is 12.4. The van der Waals surface area contributed by atoms with Crippen LogP contribution in [0.15, 0.2) is 18.2 Å². The van der Waals surface area contributed by atoms with Crippen molar-refractivity contribution in [2.24, 2.45) is 11.1 Å². The summed E-state index contributed by atoms with van der Waals surface area (Å²) >= 11 is 0. The fourth-order valence-electron chi connectivity index (χ4n) is 2.15. The Balaban J connectivity index is 2.25. The first-order valence-corrected chi connectivity index (χ1v) is 5.73. The Morgan fingerprint density at radius 1 is 1.29 bits per heavy atom. The molecule has 1 fully saturated rings. The van der Waals surface area contributed by atoms with Gasteiger partial charge in [0.25, 0.3) is 0 Å². The van der Waals surface area contributed by atoms with Gasteiger partial charge >= 0.3 is 6.18 Å². The molecule has 0 radical (unpaired) electrons. The van der Waals surface area contributed by atoms with Crippen molar-refractivity contribution in [1.29, 1.82) is 0 Å². The summed E-state index contributed by atoms with van der Waals surface area (Å²) in [5.74, 6) is 0. The van der Waals surface area contributed by atoms with Gasteiger partial charge in [-0.1, -0.05) is 12.1 Å². The van der Waals surface area contributed by atoms with Gasteiger partial charge in [-0.3, -0.25) is 0 Å². The topological polar surface area (TPSA) is 26.0 Å². The zero-order valence-corrected chi connectivity index (χ0v) is 9.77. The summed E-state index contributed by atoms with van der Waals surface area (Å²) in [7, 11) is 0. The summed E-state index contributed by atoms with van der Waals surface area (Å²) < 4.78 is 38.2. The highest BCUT2D eigenvalue weighted by Gasteiger charge is 2.41. The van der Waals surface area contributed by atoms with Crippen LogP contribution in [0.2, 0.25) is 0 Å². The van der Waals surface area contributed by atoms with Gasteiger partial charge in [0, 0.05) is 0 Å². The number of nitrogens with two attached hydrogens (primary N) is 1. The van der Waals surface area contributed by atoms with Crippen LogP contribution in [0.1, 0.15) is 29.5 Å². The summed E-state index contributed by atoms with van der Waals surface area (Å²) in [5, 5.41) is 0. The SMILES string of the molecule is Cc1ccc(CC2(CN)CC2)cc1C(F)(F)F. The summed E-state index contributed by atoms with van der Waals surface area (Å²) in [6.45, 7) is 2.05. The molecule has 1 aromatic rings. The fourth-order valence-corrected chi connectivity index (χ4v) is 2.15. The van der Waals surface area contributed by atoms with Crippen LogP contribution in [0.4, 0.5) is 13.2 Å². The van der Waals surface area contributed by atoms with E-state index in [1.54, 1.807) is 12.1 Å². The number of hydrogen-bond acceptors (Lipinski definition) is 1. The third-order valence-electron chi connectivity index (χ3n) is 3.58. The Morgan fingerprint density at radius 2 is 1.94 bits per heavy atom. The van der Waals surface area contributed by atoms with Gasteiger partial charge in [-0.15, -0.1) is 0 Å². The molecule has 1 nitrogen and oxygen atoms in total. The van der Waals surface area contributed by atoms with E-state index in [-0.39, 0.29) is 11.0 Å². The minimum Gasteiger partial charge on any atom is -0.330 e. The largest absolute Gasteiger partial charge is 0.416 e. The van der Waals surface area contributed by atoms with Gasteiger partial charge in [-0.25, -0.2) is 0 Å². The molecule has 17 heavy (non-hydrogen) atoms. The molecule has 4 heteroatoms. The van der Waals surface area contributed by atoms with Crippen LogP contribution in [-0.2, 0) is 12.6 Å². The van der Waals surface area contributed by atoms with Gasteiger partial charge in [0.2, 0.25) is 0 Å². The molecule has 0 aromatic heterocycles. The number of halogens is 3. The zero-order valence-electron chi connectivity index (χ0n) is 9.77. The van der Waals surface area contributed by atoms with E-state index in [1.165, 1.54) is 13.0 Å². The molecule has 2 N–H and O–H groups in total. The van der Waals surface area contributed by atoms with Crippen molar-refractivity contribution in [3.63, 3.8) is 0 Å². The molecule has 0 heterocycles. The summed E-state index contributed by atoms with van der Waals surface area (Å²) in [6.07, 6.45) is -1.55. The van der Waals surface area contributed by atoms with Crippen molar-refractivity contribution >= 4 is 0 Å². The minimum atomic E-state index is -4.26. The van der Waals surface area contributed by atoms with Crippen LogP contribution < -0.4 is 5.73 Å². The molecule has 94 valence electrons. The molecule has 0 saturated heterocycles. The highest BCUT2D eigenvalue weighted by atomic mass is 19.4. The normalized spacial score (nSPS) is 18.2. The second-order valence-corrected chi connectivity index (χ2v) is 5.03. The van der Waals surface area contributed by atoms with Crippen LogP contribution in [0, 0.1) is 12.3 Å². The second kappa shape index (κ2) is 4.02. The maximum Gasteiger partial charge on any atom is 0.416 e. The molecule has 1 aromatic carbocycles. The molecule has 0 amide bonds. The Kier molecular flexibility index (Phi) is 2.94. The Hall–Kier alpha value is -1.03. The maximum atomic E-state index is 12.7. The van der Waals surface area contributed by atoms with Crippen molar-refractivity contribution in [2.45, 2.75) is 32.4 Å². The highest BCUT2D eigenvalue weighted by molar-refractivity contribution is 5.34. The minimum absolute atomic E-state index is 0.0676. The van der Waals surface area contributed by atoms with E-state index in [1.807, 2.05) is 0 Å². The van der Waals surface area contributed by atoms with Crippen molar-refractivity contribution < 1.29 is 13.2 Å². The molecule has 0 bridgehead atoms. The molecule has 1 aliphatic carbocycles. The van der Waals surface area contributed by atoms with Gasteiger partial charge in [0.15, 0.2) is 0 Å². The Bertz CT molecular complexity index is 419. The second-order valence-electron chi connectivity index (χ2n) is 5.03. The maximum absolute atomic E-state index is 12.7. The molecule has 0 aliphatic heterocycles. The average molecular weight is 243 g/mol. The number of hydrogen-bond donors (Lipinski definition) is 1. The molecule has 0 spiro atoms. The number of aryl methyl sites for hydroxylation is 1. The molecule has 1 saturated carbocycles. The molecular formula is C13H16F3N. The van der Waals surface area contributed by atoms with Gasteiger partial charge in [0.1, 0.15) is 0 Å². The molecule has 2 rings (SSSR count). The molecule has 0 atom stereocenters.